The Labute approximate surface area is 124 Å². The van der Waals surface area contributed by atoms with E-state index < -0.39 is 10.0 Å². The molecular formula is C14H18N4O2S. The zero-order valence-electron chi connectivity index (χ0n) is 11.9. The van der Waals surface area contributed by atoms with E-state index in [0.717, 1.165) is 5.56 Å². The molecule has 0 atom stereocenters. The Bertz CT molecular complexity index is 707. The minimum absolute atomic E-state index is 0.223. The van der Waals surface area contributed by atoms with E-state index in [0.29, 0.717) is 16.8 Å². The zero-order valence-corrected chi connectivity index (χ0v) is 12.7. The summed E-state index contributed by atoms with van der Waals surface area (Å²) in [5.74, 6) is 5.36. The average molecular weight is 306 g/mol. The molecule has 0 saturated heterocycles. The van der Waals surface area contributed by atoms with E-state index in [2.05, 4.69) is 15.1 Å². The number of hydrogen-bond acceptors (Lipinski definition) is 5. The van der Waals surface area contributed by atoms with Gasteiger partial charge in [-0.3, -0.25) is 10.8 Å². The van der Waals surface area contributed by atoms with Gasteiger partial charge >= 0.3 is 0 Å². The normalized spacial score (nSPS) is 11.4. The van der Waals surface area contributed by atoms with Crippen molar-refractivity contribution < 1.29 is 8.42 Å². The summed E-state index contributed by atoms with van der Waals surface area (Å²) in [7, 11) is -3.58. The molecule has 0 aliphatic carbocycles. The van der Waals surface area contributed by atoms with Crippen LogP contribution in [0.3, 0.4) is 0 Å². The van der Waals surface area contributed by atoms with E-state index in [1.807, 2.05) is 0 Å². The van der Waals surface area contributed by atoms with Crippen LogP contribution < -0.4 is 16.0 Å². The number of pyridine rings is 1. The molecule has 1 aromatic carbocycles. The van der Waals surface area contributed by atoms with Crippen LogP contribution in [0.15, 0.2) is 41.6 Å². The van der Waals surface area contributed by atoms with Crippen molar-refractivity contribution in [2.75, 3.05) is 5.43 Å². The third-order valence-corrected chi connectivity index (χ3v) is 4.82. The molecule has 2 rings (SSSR count). The third-order valence-electron chi connectivity index (χ3n) is 3.11. The molecule has 0 aliphatic rings. The number of nitrogens with two attached hydrogens (primary N) is 1. The lowest BCUT2D eigenvalue weighted by Gasteiger charge is -2.14. The van der Waals surface area contributed by atoms with E-state index in [-0.39, 0.29) is 11.4 Å². The van der Waals surface area contributed by atoms with Crippen LogP contribution in [0.2, 0.25) is 0 Å². The molecule has 0 fully saturated rings. The number of rotatable bonds is 5. The highest BCUT2D eigenvalue weighted by Gasteiger charge is 2.19. The summed E-state index contributed by atoms with van der Waals surface area (Å²) in [6.45, 7) is 3.71. The molecule has 0 unspecified atom stereocenters. The molecule has 21 heavy (non-hydrogen) atoms. The molecule has 0 radical (unpaired) electrons. The highest BCUT2D eigenvalue weighted by molar-refractivity contribution is 7.89. The maximum Gasteiger partial charge on any atom is 0.241 e. The van der Waals surface area contributed by atoms with Crippen LogP contribution in [0.4, 0.5) is 5.69 Å². The predicted molar refractivity (Wildman–Crippen MR) is 82.0 cm³/mol. The van der Waals surface area contributed by atoms with Gasteiger partial charge in [0.15, 0.2) is 0 Å². The number of benzene rings is 1. The molecule has 4 N–H and O–H groups in total. The summed E-state index contributed by atoms with van der Waals surface area (Å²) in [5.41, 5.74) is 5.34. The van der Waals surface area contributed by atoms with Gasteiger partial charge in [-0.2, -0.15) is 0 Å². The maximum atomic E-state index is 12.5. The Hall–Kier alpha value is -1.96. The second kappa shape index (κ2) is 6.21. The highest BCUT2D eigenvalue weighted by Crippen LogP contribution is 2.24. The number of sulfonamides is 1. The SMILES string of the molecule is Cc1cc(NN)cc(C)c1S(=O)(=O)NCc1ccncc1. The van der Waals surface area contributed by atoms with Gasteiger partial charge in [0.25, 0.3) is 0 Å². The van der Waals surface area contributed by atoms with Gasteiger partial charge < -0.3 is 5.43 Å². The number of anilines is 1. The van der Waals surface area contributed by atoms with Gasteiger partial charge in [0.05, 0.1) is 4.90 Å². The Kier molecular flexibility index (Phi) is 4.56. The van der Waals surface area contributed by atoms with Crippen molar-refractivity contribution in [3.63, 3.8) is 0 Å². The van der Waals surface area contributed by atoms with Gasteiger partial charge in [0.1, 0.15) is 0 Å². The number of hydrogen-bond donors (Lipinski definition) is 3. The van der Waals surface area contributed by atoms with Crippen molar-refractivity contribution in [3.05, 3.63) is 53.3 Å². The molecule has 6 nitrogen and oxygen atoms in total. The summed E-state index contributed by atoms with van der Waals surface area (Å²) >= 11 is 0. The first-order valence-electron chi connectivity index (χ1n) is 6.40. The van der Waals surface area contributed by atoms with Gasteiger partial charge in [0.2, 0.25) is 10.0 Å². The smallest absolute Gasteiger partial charge is 0.241 e. The van der Waals surface area contributed by atoms with Gasteiger partial charge in [-0.15, -0.1) is 0 Å². The van der Waals surface area contributed by atoms with Crippen molar-refractivity contribution in [2.45, 2.75) is 25.3 Å². The first-order chi connectivity index (χ1) is 9.94. The summed E-state index contributed by atoms with van der Waals surface area (Å²) in [5, 5.41) is 0. The summed E-state index contributed by atoms with van der Waals surface area (Å²) in [6, 6.07) is 6.94. The lowest BCUT2D eigenvalue weighted by Crippen LogP contribution is -2.25. The lowest BCUT2D eigenvalue weighted by molar-refractivity contribution is 0.580. The van der Waals surface area contributed by atoms with Crippen molar-refractivity contribution in [1.29, 1.82) is 0 Å². The molecule has 1 aromatic heterocycles. The van der Waals surface area contributed by atoms with Crippen LogP contribution in [0, 0.1) is 13.8 Å². The average Bonchev–Trinajstić information content (AvgIpc) is 2.45. The molecule has 7 heteroatoms. The number of nitrogens with zero attached hydrogens (tertiary/aromatic N) is 1. The summed E-state index contributed by atoms with van der Waals surface area (Å²) in [6.07, 6.45) is 3.25. The van der Waals surface area contributed by atoms with E-state index >= 15 is 0 Å². The minimum Gasteiger partial charge on any atom is -0.324 e. The van der Waals surface area contributed by atoms with Crippen LogP contribution in [0.5, 0.6) is 0 Å². The first-order valence-corrected chi connectivity index (χ1v) is 7.89. The van der Waals surface area contributed by atoms with Gasteiger partial charge in [-0.25, -0.2) is 13.1 Å². The fourth-order valence-electron chi connectivity index (χ4n) is 2.21. The minimum atomic E-state index is -3.58. The fraction of sp³-hybridized carbons (Fsp3) is 0.214. The topological polar surface area (TPSA) is 97.1 Å². The second-order valence-electron chi connectivity index (χ2n) is 4.76. The largest absolute Gasteiger partial charge is 0.324 e. The Morgan fingerprint density at radius 2 is 1.71 bits per heavy atom. The number of nitrogen functional groups attached to an aromatic ring is 1. The van der Waals surface area contributed by atoms with E-state index in [4.69, 9.17) is 5.84 Å². The second-order valence-corrected chi connectivity index (χ2v) is 6.47. The standard InChI is InChI=1S/C14H18N4O2S/c1-10-7-13(18-15)8-11(2)14(10)21(19,20)17-9-12-3-5-16-6-4-12/h3-8,17-18H,9,15H2,1-2H3. The quantitative estimate of drug-likeness (QED) is 0.574. The maximum absolute atomic E-state index is 12.5. The molecule has 112 valence electrons. The van der Waals surface area contributed by atoms with Crippen LogP contribution in [0.1, 0.15) is 16.7 Å². The number of hydrazine groups is 1. The van der Waals surface area contributed by atoms with Crippen molar-refractivity contribution >= 4 is 15.7 Å². The van der Waals surface area contributed by atoms with Crippen LogP contribution in [0.25, 0.3) is 0 Å². The molecule has 0 aliphatic heterocycles. The van der Waals surface area contributed by atoms with Gasteiger partial charge in [-0.05, 0) is 54.8 Å². The molecule has 0 amide bonds. The van der Waals surface area contributed by atoms with Crippen molar-refractivity contribution in [2.24, 2.45) is 5.84 Å². The third kappa shape index (κ3) is 3.57. The molecule has 0 saturated carbocycles. The Morgan fingerprint density at radius 1 is 1.14 bits per heavy atom. The van der Waals surface area contributed by atoms with Crippen LogP contribution >= 0.6 is 0 Å². The Morgan fingerprint density at radius 3 is 2.24 bits per heavy atom. The monoisotopic (exact) mass is 306 g/mol. The molecule has 2 aromatic rings. The van der Waals surface area contributed by atoms with E-state index in [1.165, 1.54) is 0 Å². The summed E-state index contributed by atoms with van der Waals surface area (Å²) < 4.78 is 27.5. The van der Waals surface area contributed by atoms with Crippen LogP contribution in [-0.4, -0.2) is 13.4 Å². The highest BCUT2D eigenvalue weighted by atomic mass is 32.2. The summed E-state index contributed by atoms with van der Waals surface area (Å²) in [4.78, 5) is 4.19. The number of nitrogens with one attached hydrogen (secondary N) is 2. The number of aromatic nitrogens is 1. The van der Waals surface area contributed by atoms with Crippen molar-refractivity contribution in [1.82, 2.24) is 9.71 Å². The molecule has 0 bridgehead atoms. The van der Waals surface area contributed by atoms with Crippen molar-refractivity contribution in [3.8, 4) is 0 Å². The number of aryl methyl sites for hydroxylation is 2. The lowest BCUT2D eigenvalue weighted by atomic mass is 10.1. The zero-order chi connectivity index (χ0) is 15.5. The van der Waals surface area contributed by atoms with E-state index in [9.17, 15) is 8.42 Å². The molecular weight excluding hydrogens is 288 g/mol. The van der Waals surface area contributed by atoms with E-state index in [1.54, 1.807) is 50.5 Å². The Balaban J connectivity index is 2.28. The first kappa shape index (κ1) is 15.4. The van der Waals surface area contributed by atoms with Crippen LogP contribution in [-0.2, 0) is 16.6 Å². The van der Waals surface area contributed by atoms with Gasteiger partial charge in [0, 0.05) is 24.6 Å². The van der Waals surface area contributed by atoms with Gasteiger partial charge in [-0.1, -0.05) is 0 Å². The predicted octanol–water partition coefficient (Wildman–Crippen LogP) is 1.46. The fourth-order valence-corrected chi connectivity index (χ4v) is 3.68. The molecule has 0 spiro atoms. The molecule has 1 heterocycles.